The van der Waals surface area contributed by atoms with Crippen LogP contribution in [-0.4, -0.2) is 24.2 Å². The lowest BCUT2D eigenvalue weighted by Gasteiger charge is -2.38. The second kappa shape index (κ2) is 8.17. The number of carbonyl (C=O) groups excluding carboxylic acids is 1. The molecule has 2 N–H and O–H groups in total. The topological polar surface area (TPSA) is 58.6 Å². The van der Waals surface area contributed by atoms with Crippen molar-refractivity contribution in [2.75, 3.05) is 7.11 Å². The van der Waals surface area contributed by atoms with Gasteiger partial charge in [0.2, 0.25) is 5.91 Å². The van der Waals surface area contributed by atoms with Crippen molar-refractivity contribution in [3.63, 3.8) is 0 Å². The van der Waals surface area contributed by atoms with Gasteiger partial charge in [-0.25, -0.2) is 0 Å². The van der Waals surface area contributed by atoms with Crippen LogP contribution >= 0.6 is 0 Å². The molecule has 2 aromatic rings. The van der Waals surface area contributed by atoms with Crippen molar-refractivity contribution < 1.29 is 14.6 Å². The first kappa shape index (κ1) is 17.5. The van der Waals surface area contributed by atoms with Gasteiger partial charge in [0.05, 0.1) is 19.3 Å². The number of benzene rings is 2. The fourth-order valence-corrected chi connectivity index (χ4v) is 3.44. The van der Waals surface area contributed by atoms with Gasteiger partial charge in [0.1, 0.15) is 5.75 Å². The van der Waals surface area contributed by atoms with Crippen LogP contribution in [0.15, 0.2) is 54.6 Å². The minimum atomic E-state index is -0.235. The third kappa shape index (κ3) is 4.40. The molecule has 1 atom stereocenters. The van der Waals surface area contributed by atoms with E-state index in [2.05, 4.69) is 5.32 Å². The Kier molecular flexibility index (Phi) is 5.71. The van der Waals surface area contributed by atoms with Crippen molar-refractivity contribution in [2.24, 2.45) is 5.92 Å². The maximum atomic E-state index is 12.5. The molecule has 4 nitrogen and oxygen atoms in total. The van der Waals surface area contributed by atoms with Crippen molar-refractivity contribution in [3.05, 3.63) is 65.7 Å². The SMILES string of the molecule is COc1ccccc1CCC(=O)N[C@H](c1ccccc1)C1CC(O)C1. The van der Waals surface area contributed by atoms with Crippen LogP contribution in [0.5, 0.6) is 5.75 Å². The van der Waals surface area contributed by atoms with Crippen LogP contribution in [0.2, 0.25) is 0 Å². The standard InChI is InChI=1S/C21H25NO3/c1-25-19-10-6-5-7-15(19)11-12-20(24)22-21(17-13-18(23)14-17)16-8-3-2-4-9-16/h2-10,17-18,21,23H,11-14H2,1H3,(H,22,24)/t17?,18?,21-/m1/s1. The van der Waals surface area contributed by atoms with Crippen molar-refractivity contribution in [3.8, 4) is 5.75 Å². The fraction of sp³-hybridized carbons (Fsp3) is 0.381. The maximum absolute atomic E-state index is 12.5. The molecule has 0 spiro atoms. The molecule has 2 aromatic carbocycles. The molecule has 132 valence electrons. The molecule has 0 unspecified atom stereocenters. The summed E-state index contributed by atoms with van der Waals surface area (Å²) >= 11 is 0. The van der Waals surface area contributed by atoms with E-state index in [4.69, 9.17) is 4.74 Å². The Balaban J connectivity index is 1.62. The number of nitrogens with one attached hydrogen (secondary N) is 1. The summed E-state index contributed by atoms with van der Waals surface area (Å²) in [4.78, 5) is 12.5. The molecular weight excluding hydrogens is 314 g/mol. The molecule has 1 saturated carbocycles. The monoisotopic (exact) mass is 339 g/mol. The van der Waals surface area contributed by atoms with Gasteiger partial charge in [0.25, 0.3) is 0 Å². The molecule has 1 fully saturated rings. The number of aliphatic hydroxyl groups is 1. The van der Waals surface area contributed by atoms with Gasteiger partial charge in [0, 0.05) is 6.42 Å². The van der Waals surface area contributed by atoms with Gasteiger partial charge in [-0.05, 0) is 42.4 Å². The number of ether oxygens (including phenoxy) is 1. The Morgan fingerprint density at radius 2 is 1.84 bits per heavy atom. The minimum absolute atomic E-state index is 0.0288. The highest BCUT2D eigenvalue weighted by Gasteiger charge is 2.35. The molecule has 1 aliphatic carbocycles. The average Bonchev–Trinajstić information content (AvgIpc) is 2.63. The molecule has 0 bridgehead atoms. The third-order valence-electron chi connectivity index (χ3n) is 4.91. The first-order valence-corrected chi connectivity index (χ1v) is 8.81. The first-order valence-electron chi connectivity index (χ1n) is 8.81. The fourth-order valence-electron chi connectivity index (χ4n) is 3.44. The molecule has 1 amide bonds. The lowest BCUT2D eigenvalue weighted by molar-refractivity contribution is -0.123. The number of para-hydroxylation sites is 1. The number of methoxy groups -OCH3 is 1. The van der Waals surface area contributed by atoms with E-state index in [-0.39, 0.29) is 18.1 Å². The molecule has 0 aromatic heterocycles. The van der Waals surface area contributed by atoms with Gasteiger partial charge < -0.3 is 15.2 Å². The number of hydrogen-bond acceptors (Lipinski definition) is 3. The number of amides is 1. The van der Waals surface area contributed by atoms with E-state index in [1.807, 2.05) is 54.6 Å². The second-order valence-corrected chi connectivity index (χ2v) is 6.65. The lowest BCUT2D eigenvalue weighted by Crippen LogP contribution is -2.41. The van der Waals surface area contributed by atoms with E-state index in [1.165, 1.54) is 0 Å². The van der Waals surface area contributed by atoms with Crippen molar-refractivity contribution in [1.29, 1.82) is 0 Å². The molecule has 0 heterocycles. The molecule has 0 radical (unpaired) electrons. The molecule has 0 saturated heterocycles. The lowest BCUT2D eigenvalue weighted by atomic mass is 9.75. The van der Waals surface area contributed by atoms with Crippen LogP contribution in [-0.2, 0) is 11.2 Å². The van der Waals surface area contributed by atoms with Gasteiger partial charge in [0.15, 0.2) is 0 Å². The predicted octanol–water partition coefficient (Wildman–Crippen LogP) is 3.26. The number of aryl methyl sites for hydroxylation is 1. The van der Waals surface area contributed by atoms with Gasteiger partial charge in [-0.15, -0.1) is 0 Å². The van der Waals surface area contributed by atoms with Crippen molar-refractivity contribution in [2.45, 2.75) is 37.8 Å². The van der Waals surface area contributed by atoms with Gasteiger partial charge in [-0.3, -0.25) is 4.79 Å². The van der Waals surface area contributed by atoms with E-state index in [0.29, 0.717) is 18.8 Å². The predicted molar refractivity (Wildman–Crippen MR) is 97.4 cm³/mol. The number of hydrogen-bond donors (Lipinski definition) is 2. The zero-order valence-corrected chi connectivity index (χ0v) is 14.5. The minimum Gasteiger partial charge on any atom is -0.496 e. The molecular formula is C21H25NO3. The molecule has 3 rings (SSSR count). The summed E-state index contributed by atoms with van der Waals surface area (Å²) < 4.78 is 5.35. The second-order valence-electron chi connectivity index (χ2n) is 6.65. The highest BCUT2D eigenvalue weighted by Crippen LogP contribution is 2.38. The van der Waals surface area contributed by atoms with Crippen LogP contribution in [0.3, 0.4) is 0 Å². The summed E-state index contributed by atoms with van der Waals surface area (Å²) in [7, 11) is 1.65. The quantitative estimate of drug-likeness (QED) is 0.814. The van der Waals surface area contributed by atoms with Crippen LogP contribution < -0.4 is 10.1 Å². The van der Waals surface area contributed by atoms with E-state index in [9.17, 15) is 9.90 Å². The van der Waals surface area contributed by atoms with Crippen molar-refractivity contribution in [1.82, 2.24) is 5.32 Å². The maximum Gasteiger partial charge on any atom is 0.220 e. The summed E-state index contributed by atoms with van der Waals surface area (Å²) in [5.41, 5.74) is 2.14. The zero-order valence-electron chi connectivity index (χ0n) is 14.5. The molecule has 4 heteroatoms. The first-order chi connectivity index (χ1) is 12.2. The van der Waals surface area contributed by atoms with Crippen LogP contribution in [0.4, 0.5) is 0 Å². The number of carbonyl (C=O) groups is 1. The summed E-state index contributed by atoms with van der Waals surface area (Å²) in [6, 6.07) is 17.8. The highest BCUT2D eigenvalue weighted by molar-refractivity contribution is 5.77. The Morgan fingerprint density at radius 3 is 2.52 bits per heavy atom. The molecule has 0 aliphatic heterocycles. The third-order valence-corrected chi connectivity index (χ3v) is 4.91. The largest absolute Gasteiger partial charge is 0.496 e. The molecule has 1 aliphatic rings. The summed E-state index contributed by atoms with van der Waals surface area (Å²) in [5, 5.41) is 12.8. The van der Waals surface area contributed by atoms with E-state index >= 15 is 0 Å². The van der Waals surface area contributed by atoms with Crippen LogP contribution in [0, 0.1) is 5.92 Å². The zero-order chi connectivity index (χ0) is 17.6. The summed E-state index contributed by atoms with van der Waals surface area (Å²) in [6.07, 6.45) is 2.31. The normalized spacial score (nSPS) is 20.4. The van der Waals surface area contributed by atoms with E-state index in [0.717, 1.165) is 29.7 Å². The number of aliphatic hydroxyl groups excluding tert-OH is 1. The Bertz CT molecular complexity index is 695. The highest BCUT2D eigenvalue weighted by atomic mass is 16.5. The number of rotatable bonds is 7. The summed E-state index contributed by atoms with van der Waals surface area (Å²) in [5.74, 6) is 1.14. The van der Waals surface area contributed by atoms with Crippen LogP contribution in [0.1, 0.15) is 36.4 Å². The smallest absolute Gasteiger partial charge is 0.220 e. The van der Waals surface area contributed by atoms with Gasteiger partial charge in [-0.1, -0.05) is 48.5 Å². The van der Waals surface area contributed by atoms with Gasteiger partial charge >= 0.3 is 0 Å². The van der Waals surface area contributed by atoms with Gasteiger partial charge in [-0.2, -0.15) is 0 Å². The van der Waals surface area contributed by atoms with Crippen LogP contribution in [0.25, 0.3) is 0 Å². The average molecular weight is 339 g/mol. The Labute approximate surface area is 148 Å². The van der Waals surface area contributed by atoms with E-state index < -0.39 is 0 Å². The van der Waals surface area contributed by atoms with E-state index in [1.54, 1.807) is 7.11 Å². The van der Waals surface area contributed by atoms with Crippen molar-refractivity contribution >= 4 is 5.91 Å². The summed E-state index contributed by atoms with van der Waals surface area (Å²) in [6.45, 7) is 0. The Hall–Kier alpha value is -2.33. The molecule has 25 heavy (non-hydrogen) atoms. The Morgan fingerprint density at radius 1 is 1.16 bits per heavy atom.